The van der Waals surface area contributed by atoms with Crippen LogP contribution in [0.2, 0.25) is 5.02 Å². The van der Waals surface area contributed by atoms with E-state index >= 15 is 0 Å². The first kappa shape index (κ1) is 18.5. The first-order valence-electron chi connectivity index (χ1n) is 8.14. The Kier molecular flexibility index (Phi) is 5.07. The Morgan fingerprint density at radius 2 is 1.77 bits per heavy atom. The minimum atomic E-state index is -3.74. The molecule has 0 spiro atoms. The number of anilines is 1. The first-order valence-corrected chi connectivity index (χ1v) is 10.00. The van der Waals surface area contributed by atoms with Crippen molar-refractivity contribution in [1.29, 1.82) is 0 Å². The molecule has 0 fully saturated rings. The largest absolute Gasteiger partial charge is 0.266 e. The molecule has 26 heavy (non-hydrogen) atoms. The molecule has 0 aliphatic heterocycles. The van der Waals surface area contributed by atoms with Crippen molar-refractivity contribution in [2.75, 3.05) is 4.72 Å². The van der Waals surface area contributed by atoms with Gasteiger partial charge in [-0.15, -0.1) is 0 Å². The molecular formula is C19H20ClN3O2S. The van der Waals surface area contributed by atoms with E-state index in [0.717, 1.165) is 11.1 Å². The molecule has 0 saturated heterocycles. The van der Waals surface area contributed by atoms with Crippen LogP contribution in [0.3, 0.4) is 0 Å². The molecule has 5 nitrogen and oxygen atoms in total. The lowest BCUT2D eigenvalue weighted by Crippen LogP contribution is -2.15. The molecule has 3 aromatic rings. The summed E-state index contributed by atoms with van der Waals surface area (Å²) in [5.74, 6) is 0.283. The molecule has 3 rings (SSSR count). The van der Waals surface area contributed by atoms with Crippen molar-refractivity contribution in [1.82, 2.24) is 9.78 Å². The zero-order valence-corrected chi connectivity index (χ0v) is 16.4. The topological polar surface area (TPSA) is 64.0 Å². The highest BCUT2D eigenvalue weighted by molar-refractivity contribution is 7.92. The number of aromatic nitrogens is 2. The summed E-state index contributed by atoms with van der Waals surface area (Å²) in [6.45, 7) is 6.11. The average molecular weight is 390 g/mol. The Morgan fingerprint density at radius 1 is 1.04 bits per heavy atom. The average Bonchev–Trinajstić information content (AvgIpc) is 2.99. The van der Waals surface area contributed by atoms with Crippen LogP contribution in [0.4, 0.5) is 5.82 Å². The van der Waals surface area contributed by atoms with E-state index in [1.165, 1.54) is 0 Å². The fraction of sp³-hybridized carbons (Fsp3) is 0.211. The lowest BCUT2D eigenvalue weighted by Gasteiger charge is -2.10. The summed E-state index contributed by atoms with van der Waals surface area (Å²) in [5.41, 5.74) is 3.60. The molecule has 0 aliphatic rings. The molecular weight excluding hydrogens is 370 g/mol. The number of rotatable bonds is 5. The van der Waals surface area contributed by atoms with Crippen LogP contribution < -0.4 is 4.72 Å². The second-order valence-electron chi connectivity index (χ2n) is 6.30. The zero-order chi connectivity index (χ0) is 18.9. The SMILES string of the molecule is Cc1cc(S(=O)(=O)Nc2ccn(Cc3ccccc3C)n2)c(C)cc1Cl. The summed E-state index contributed by atoms with van der Waals surface area (Å²) in [5, 5.41) is 4.87. The third-order valence-electron chi connectivity index (χ3n) is 4.22. The Hall–Kier alpha value is -2.31. The van der Waals surface area contributed by atoms with Gasteiger partial charge in [0.15, 0.2) is 5.82 Å². The van der Waals surface area contributed by atoms with Crippen molar-refractivity contribution in [2.24, 2.45) is 0 Å². The third-order valence-corrected chi connectivity index (χ3v) is 6.12. The van der Waals surface area contributed by atoms with Crippen molar-refractivity contribution in [3.8, 4) is 0 Å². The normalized spacial score (nSPS) is 11.5. The third kappa shape index (κ3) is 3.92. The number of nitrogens with zero attached hydrogens (tertiary/aromatic N) is 2. The predicted molar refractivity (Wildman–Crippen MR) is 104 cm³/mol. The molecule has 0 saturated carbocycles. The van der Waals surface area contributed by atoms with E-state index in [-0.39, 0.29) is 10.7 Å². The van der Waals surface area contributed by atoms with Crippen LogP contribution in [0, 0.1) is 20.8 Å². The van der Waals surface area contributed by atoms with Gasteiger partial charge in [-0.05, 0) is 55.2 Å². The van der Waals surface area contributed by atoms with Crippen LogP contribution in [-0.2, 0) is 16.6 Å². The van der Waals surface area contributed by atoms with Crippen molar-refractivity contribution >= 4 is 27.4 Å². The lowest BCUT2D eigenvalue weighted by atomic mass is 10.1. The van der Waals surface area contributed by atoms with Crippen LogP contribution in [0.5, 0.6) is 0 Å². The van der Waals surface area contributed by atoms with Gasteiger partial charge in [0.05, 0.1) is 11.4 Å². The van der Waals surface area contributed by atoms with Crippen molar-refractivity contribution in [2.45, 2.75) is 32.2 Å². The molecule has 1 aromatic heterocycles. The summed E-state index contributed by atoms with van der Waals surface area (Å²) in [6.07, 6.45) is 1.75. The maximum Gasteiger partial charge on any atom is 0.263 e. The molecule has 1 N–H and O–H groups in total. The van der Waals surface area contributed by atoms with E-state index < -0.39 is 10.0 Å². The first-order chi connectivity index (χ1) is 12.3. The molecule has 0 bridgehead atoms. The summed E-state index contributed by atoms with van der Waals surface area (Å²) in [7, 11) is -3.74. The summed E-state index contributed by atoms with van der Waals surface area (Å²) in [4.78, 5) is 0.202. The van der Waals surface area contributed by atoms with E-state index in [1.54, 1.807) is 42.9 Å². The minimum absolute atomic E-state index is 0.202. The Bertz CT molecular complexity index is 1060. The quantitative estimate of drug-likeness (QED) is 0.707. The van der Waals surface area contributed by atoms with E-state index in [1.807, 2.05) is 31.2 Å². The van der Waals surface area contributed by atoms with E-state index in [0.29, 0.717) is 22.7 Å². The molecule has 0 amide bonds. The number of benzene rings is 2. The highest BCUT2D eigenvalue weighted by atomic mass is 35.5. The number of aryl methyl sites for hydroxylation is 3. The van der Waals surface area contributed by atoms with Gasteiger partial charge in [-0.3, -0.25) is 9.40 Å². The van der Waals surface area contributed by atoms with Crippen LogP contribution >= 0.6 is 11.6 Å². The number of hydrogen-bond acceptors (Lipinski definition) is 3. The Balaban J connectivity index is 1.82. The molecule has 7 heteroatoms. The molecule has 1 heterocycles. The lowest BCUT2D eigenvalue weighted by molar-refractivity contribution is 0.600. The maximum atomic E-state index is 12.7. The van der Waals surface area contributed by atoms with Gasteiger partial charge in [0.1, 0.15) is 0 Å². The van der Waals surface area contributed by atoms with Crippen LogP contribution in [-0.4, -0.2) is 18.2 Å². The highest BCUT2D eigenvalue weighted by Gasteiger charge is 2.19. The summed E-state index contributed by atoms with van der Waals surface area (Å²) in [6, 6.07) is 12.9. The number of nitrogens with one attached hydrogen (secondary N) is 1. The van der Waals surface area contributed by atoms with Gasteiger partial charge in [0.25, 0.3) is 10.0 Å². The highest BCUT2D eigenvalue weighted by Crippen LogP contribution is 2.25. The van der Waals surface area contributed by atoms with Gasteiger partial charge >= 0.3 is 0 Å². The number of halogens is 1. The molecule has 0 unspecified atom stereocenters. The van der Waals surface area contributed by atoms with E-state index in [4.69, 9.17) is 11.6 Å². The zero-order valence-electron chi connectivity index (χ0n) is 14.8. The van der Waals surface area contributed by atoms with Crippen LogP contribution in [0.25, 0.3) is 0 Å². The number of sulfonamides is 1. The van der Waals surface area contributed by atoms with Crippen LogP contribution in [0.1, 0.15) is 22.3 Å². The van der Waals surface area contributed by atoms with Crippen molar-refractivity contribution in [3.63, 3.8) is 0 Å². The molecule has 0 radical (unpaired) electrons. The second-order valence-corrected chi connectivity index (χ2v) is 8.36. The van der Waals surface area contributed by atoms with E-state index in [2.05, 4.69) is 9.82 Å². The van der Waals surface area contributed by atoms with Crippen molar-refractivity contribution < 1.29 is 8.42 Å². The molecule has 0 aliphatic carbocycles. The molecule has 136 valence electrons. The maximum absolute atomic E-state index is 12.7. The Labute approximate surface area is 158 Å². The second kappa shape index (κ2) is 7.13. The minimum Gasteiger partial charge on any atom is -0.266 e. The molecule has 0 atom stereocenters. The smallest absolute Gasteiger partial charge is 0.263 e. The van der Waals surface area contributed by atoms with Gasteiger partial charge in [-0.25, -0.2) is 8.42 Å². The monoisotopic (exact) mass is 389 g/mol. The van der Waals surface area contributed by atoms with Crippen molar-refractivity contribution in [3.05, 3.63) is 75.9 Å². The Morgan fingerprint density at radius 3 is 2.50 bits per heavy atom. The fourth-order valence-electron chi connectivity index (χ4n) is 2.70. The van der Waals surface area contributed by atoms with E-state index in [9.17, 15) is 8.42 Å². The number of hydrogen-bond donors (Lipinski definition) is 1. The summed E-state index contributed by atoms with van der Waals surface area (Å²) < 4.78 is 29.7. The van der Waals surface area contributed by atoms with Gasteiger partial charge in [-0.1, -0.05) is 35.9 Å². The fourth-order valence-corrected chi connectivity index (χ4v) is 4.23. The van der Waals surface area contributed by atoms with Gasteiger partial charge in [-0.2, -0.15) is 5.10 Å². The molecule has 2 aromatic carbocycles. The summed E-state index contributed by atoms with van der Waals surface area (Å²) >= 11 is 6.06. The van der Waals surface area contributed by atoms with Crippen LogP contribution in [0.15, 0.2) is 53.6 Å². The van der Waals surface area contributed by atoms with Gasteiger partial charge < -0.3 is 0 Å². The predicted octanol–water partition coefficient (Wildman–Crippen LogP) is 4.31. The van der Waals surface area contributed by atoms with Gasteiger partial charge in [0, 0.05) is 17.3 Å². The standard InChI is InChI=1S/C19H20ClN3O2S/c1-13-6-4-5-7-16(13)12-23-9-8-19(21-23)22-26(24,25)18-11-14(2)17(20)10-15(18)3/h4-11H,12H2,1-3H3,(H,21,22). The van der Waals surface area contributed by atoms with Gasteiger partial charge in [0.2, 0.25) is 0 Å².